The number of carbonyl (C=O) groups is 3. The van der Waals surface area contributed by atoms with E-state index in [-0.39, 0.29) is 24.1 Å². The van der Waals surface area contributed by atoms with E-state index in [0.29, 0.717) is 6.42 Å². The van der Waals surface area contributed by atoms with Crippen molar-refractivity contribution >= 4 is 23.4 Å². The van der Waals surface area contributed by atoms with Crippen molar-refractivity contribution < 1.29 is 19.5 Å². The van der Waals surface area contributed by atoms with Crippen molar-refractivity contribution in [2.45, 2.75) is 37.8 Å². The van der Waals surface area contributed by atoms with Crippen LogP contribution >= 0.6 is 0 Å². The van der Waals surface area contributed by atoms with Crippen molar-refractivity contribution in [3.8, 4) is 0 Å². The quantitative estimate of drug-likeness (QED) is 0.648. The molecular formula is C16H20N4O4. The molecule has 24 heavy (non-hydrogen) atoms. The fourth-order valence-corrected chi connectivity index (χ4v) is 2.89. The Bertz CT molecular complexity index is 638. The van der Waals surface area contributed by atoms with Crippen LogP contribution in [0.5, 0.6) is 0 Å². The minimum Gasteiger partial charge on any atom is -0.393 e. The summed E-state index contributed by atoms with van der Waals surface area (Å²) in [6, 6.07) is 2.71. The molecule has 0 aliphatic carbocycles. The standard InChI is InChI=1S/C16H20N4O4/c21-11-5-7-20(8-6-11)10-1-2-12(17-9-10)15(23)18-13-3-4-14(22)19-16(13)24/h1-2,9,11,13,21H,3-8H2,(H,18,23)(H,19,22,24). The first-order chi connectivity index (χ1) is 11.5. The molecule has 128 valence electrons. The zero-order valence-electron chi connectivity index (χ0n) is 13.2. The molecule has 2 aliphatic heterocycles. The fraction of sp³-hybridized carbons (Fsp3) is 0.500. The highest BCUT2D eigenvalue weighted by Gasteiger charge is 2.28. The first-order valence-electron chi connectivity index (χ1n) is 8.06. The van der Waals surface area contributed by atoms with E-state index >= 15 is 0 Å². The molecule has 1 aromatic rings. The van der Waals surface area contributed by atoms with Gasteiger partial charge in [0, 0.05) is 19.5 Å². The summed E-state index contributed by atoms with van der Waals surface area (Å²) < 4.78 is 0. The van der Waals surface area contributed by atoms with Crippen molar-refractivity contribution in [2.75, 3.05) is 18.0 Å². The van der Waals surface area contributed by atoms with Crippen LogP contribution in [0.15, 0.2) is 18.3 Å². The number of rotatable bonds is 3. The predicted octanol–water partition coefficient (Wildman–Crippen LogP) is -0.422. The minimum atomic E-state index is -0.708. The van der Waals surface area contributed by atoms with Crippen LogP contribution in [0.25, 0.3) is 0 Å². The molecule has 1 atom stereocenters. The predicted molar refractivity (Wildman–Crippen MR) is 85.3 cm³/mol. The second kappa shape index (κ2) is 6.96. The lowest BCUT2D eigenvalue weighted by molar-refractivity contribution is -0.134. The first-order valence-corrected chi connectivity index (χ1v) is 8.06. The Labute approximate surface area is 139 Å². The number of pyridine rings is 1. The van der Waals surface area contributed by atoms with Crippen molar-refractivity contribution in [3.63, 3.8) is 0 Å². The van der Waals surface area contributed by atoms with Crippen LogP contribution in [0.4, 0.5) is 5.69 Å². The first kappa shape index (κ1) is 16.4. The van der Waals surface area contributed by atoms with Gasteiger partial charge in [0.15, 0.2) is 0 Å². The number of imide groups is 1. The average molecular weight is 332 g/mol. The molecule has 0 bridgehead atoms. The van der Waals surface area contributed by atoms with Gasteiger partial charge in [-0.1, -0.05) is 0 Å². The molecule has 8 heteroatoms. The Balaban J connectivity index is 1.59. The van der Waals surface area contributed by atoms with Crippen LogP contribution in [-0.2, 0) is 9.59 Å². The molecule has 2 fully saturated rings. The number of carbonyl (C=O) groups excluding carboxylic acids is 3. The maximum atomic E-state index is 12.2. The van der Waals surface area contributed by atoms with Gasteiger partial charge < -0.3 is 15.3 Å². The van der Waals surface area contributed by atoms with Crippen molar-refractivity contribution in [1.29, 1.82) is 0 Å². The second-order valence-corrected chi connectivity index (χ2v) is 6.10. The molecule has 0 aromatic carbocycles. The Morgan fingerprint density at radius 1 is 1.25 bits per heavy atom. The third-order valence-corrected chi connectivity index (χ3v) is 4.35. The van der Waals surface area contributed by atoms with Crippen molar-refractivity contribution in [2.24, 2.45) is 0 Å². The number of aliphatic hydroxyl groups excluding tert-OH is 1. The van der Waals surface area contributed by atoms with Gasteiger partial charge in [0.05, 0.1) is 18.0 Å². The summed E-state index contributed by atoms with van der Waals surface area (Å²) >= 11 is 0. The van der Waals surface area contributed by atoms with E-state index in [0.717, 1.165) is 31.6 Å². The van der Waals surface area contributed by atoms with E-state index in [9.17, 15) is 19.5 Å². The van der Waals surface area contributed by atoms with Crippen LogP contribution in [0.3, 0.4) is 0 Å². The van der Waals surface area contributed by atoms with Gasteiger partial charge in [0.25, 0.3) is 5.91 Å². The number of hydrogen-bond donors (Lipinski definition) is 3. The van der Waals surface area contributed by atoms with Gasteiger partial charge in [0.1, 0.15) is 11.7 Å². The maximum Gasteiger partial charge on any atom is 0.270 e. The fourth-order valence-electron chi connectivity index (χ4n) is 2.89. The lowest BCUT2D eigenvalue weighted by Gasteiger charge is -2.31. The molecule has 0 radical (unpaired) electrons. The summed E-state index contributed by atoms with van der Waals surface area (Å²) in [5, 5.41) is 14.3. The smallest absolute Gasteiger partial charge is 0.270 e. The average Bonchev–Trinajstić information content (AvgIpc) is 2.58. The van der Waals surface area contributed by atoms with E-state index < -0.39 is 17.9 Å². The molecule has 8 nitrogen and oxygen atoms in total. The maximum absolute atomic E-state index is 12.2. The molecule has 3 N–H and O–H groups in total. The van der Waals surface area contributed by atoms with Gasteiger partial charge in [-0.2, -0.15) is 0 Å². The van der Waals surface area contributed by atoms with E-state index in [1.807, 2.05) is 6.07 Å². The van der Waals surface area contributed by atoms with Gasteiger partial charge in [-0.15, -0.1) is 0 Å². The number of hydrogen-bond acceptors (Lipinski definition) is 6. The summed E-state index contributed by atoms with van der Waals surface area (Å²) in [4.78, 5) is 41.2. The minimum absolute atomic E-state index is 0.212. The number of amides is 3. The molecule has 1 aromatic heterocycles. The Morgan fingerprint density at radius 3 is 2.62 bits per heavy atom. The van der Waals surface area contributed by atoms with Crippen molar-refractivity contribution in [1.82, 2.24) is 15.6 Å². The van der Waals surface area contributed by atoms with Gasteiger partial charge in [-0.3, -0.25) is 19.7 Å². The largest absolute Gasteiger partial charge is 0.393 e. The molecule has 3 heterocycles. The molecular weight excluding hydrogens is 312 g/mol. The van der Waals surface area contributed by atoms with Crippen LogP contribution in [0.1, 0.15) is 36.2 Å². The molecule has 3 amide bonds. The number of aromatic nitrogens is 1. The lowest BCUT2D eigenvalue weighted by atomic mass is 10.1. The van der Waals surface area contributed by atoms with Crippen LogP contribution < -0.4 is 15.5 Å². The summed E-state index contributed by atoms with van der Waals surface area (Å²) in [6.07, 6.45) is 3.33. The molecule has 1 unspecified atom stereocenters. The molecule has 0 saturated carbocycles. The third kappa shape index (κ3) is 3.70. The SMILES string of the molecule is O=C1CCC(NC(=O)c2ccc(N3CCC(O)CC3)cn2)C(=O)N1. The number of nitrogens with one attached hydrogen (secondary N) is 2. The van der Waals surface area contributed by atoms with Crippen LogP contribution in [0.2, 0.25) is 0 Å². The van der Waals surface area contributed by atoms with Gasteiger partial charge in [-0.05, 0) is 31.4 Å². The molecule has 0 spiro atoms. The molecule has 2 saturated heterocycles. The van der Waals surface area contributed by atoms with Gasteiger partial charge >= 0.3 is 0 Å². The summed E-state index contributed by atoms with van der Waals surface area (Å²) in [6.45, 7) is 1.51. The highest BCUT2D eigenvalue weighted by Crippen LogP contribution is 2.19. The second-order valence-electron chi connectivity index (χ2n) is 6.10. The molecule has 2 aliphatic rings. The zero-order valence-corrected chi connectivity index (χ0v) is 13.2. The lowest BCUT2D eigenvalue weighted by Crippen LogP contribution is -2.52. The topological polar surface area (TPSA) is 112 Å². The number of nitrogens with zero attached hydrogens (tertiary/aromatic N) is 2. The van der Waals surface area contributed by atoms with Crippen molar-refractivity contribution in [3.05, 3.63) is 24.0 Å². The van der Waals surface area contributed by atoms with Gasteiger partial charge in [-0.25, -0.2) is 4.98 Å². The highest BCUT2D eigenvalue weighted by atomic mass is 16.3. The number of aliphatic hydroxyl groups is 1. The van der Waals surface area contributed by atoms with E-state index in [4.69, 9.17) is 0 Å². The third-order valence-electron chi connectivity index (χ3n) is 4.35. The number of piperidine rings is 2. The van der Waals surface area contributed by atoms with E-state index in [2.05, 4.69) is 20.5 Å². The van der Waals surface area contributed by atoms with E-state index in [1.165, 1.54) is 0 Å². The summed E-state index contributed by atoms with van der Waals surface area (Å²) in [5.41, 5.74) is 1.12. The van der Waals surface area contributed by atoms with E-state index in [1.54, 1.807) is 12.3 Å². The summed E-state index contributed by atoms with van der Waals surface area (Å²) in [5.74, 6) is -1.24. The number of anilines is 1. The van der Waals surface area contributed by atoms with Gasteiger partial charge in [0.2, 0.25) is 11.8 Å². The Hall–Kier alpha value is -2.48. The summed E-state index contributed by atoms with van der Waals surface area (Å²) in [7, 11) is 0. The monoisotopic (exact) mass is 332 g/mol. The normalized spacial score (nSPS) is 22.2. The Morgan fingerprint density at radius 2 is 2.00 bits per heavy atom. The molecule has 3 rings (SSSR count). The van der Waals surface area contributed by atoms with Crippen LogP contribution in [-0.4, -0.2) is 53.0 Å². The zero-order chi connectivity index (χ0) is 17.1. The highest BCUT2D eigenvalue weighted by molar-refractivity contribution is 6.03. The van der Waals surface area contributed by atoms with Crippen LogP contribution in [0, 0.1) is 0 Å². The Kier molecular flexibility index (Phi) is 4.75.